The molecular weight excluding hydrogens is 228 g/mol. The van der Waals surface area contributed by atoms with Crippen LogP contribution < -0.4 is 0 Å². The van der Waals surface area contributed by atoms with Crippen molar-refractivity contribution >= 4 is 5.97 Å². The van der Waals surface area contributed by atoms with E-state index >= 15 is 0 Å². The number of nitrogens with zero attached hydrogens (tertiary/aromatic N) is 2. The minimum absolute atomic E-state index is 0.344. The van der Waals surface area contributed by atoms with Gasteiger partial charge in [-0.15, -0.1) is 0 Å². The fourth-order valence-corrected chi connectivity index (χ4v) is 3.46. The van der Waals surface area contributed by atoms with Crippen LogP contribution in [0, 0.1) is 0 Å². The number of carbonyl (C=O) groups is 1. The van der Waals surface area contributed by atoms with Crippen LogP contribution in [0.5, 0.6) is 0 Å². The monoisotopic (exact) mass is 248 g/mol. The van der Waals surface area contributed by atoms with Gasteiger partial charge >= 0.3 is 5.97 Å². The summed E-state index contributed by atoms with van der Waals surface area (Å²) < 4.78 is 2.19. The number of imidazole rings is 1. The van der Waals surface area contributed by atoms with Crippen LogP contribution in [0.15, 0.2) is 6.20 Å². The van der Waals surface area contributed by atoms with Crippen LogP contribution in [0.25, 0.3) is 0 Å². The molecule has 18 heavy (non-hydrogen) atoms. The van der Waals surface area contributed by atoms with E-state index in [1.54, 1.807) is 0 Å². The molecule has 1 saturated carbocycles. The van der Waals surface area contributed by atoms with E-state index in [1.165, 1.54) is 32.1 Å². The molecule has 1 atom stereocenters. The van der Waals surface area contributed by atoms with Crippen molar-refractivity contribution in [1.82, 2.24) is 9.55 Å². The second kappa shape index (κ2) is 4.75. The third-order valence-corrected chi connectivity index (χ3v) is 4.42. The summed E-state index contributed by atoms with van der Waals surface area (Å²) in [5.74, 6) is 0.658. The number of fused-ring (bicyclic) bond motifs is 1. The van der Waals surface area contributed by atoms with Crippen molar-refractivity contribution < 1.29 is 9.90 Å². The number of aliphatic carboxylic acids is 1. The molecule has 0 amide bonds. The van der Waals surface area contributed by atoms with Crippen molar-refractivity contribution in [1.29, 1.82) is 0 Å². The van der Waals surface area contributed by atoms with Gasteiger partial charge in [0.1, 0.15) is 5.82 Å². The van der Waals surface area contributed by atoms with E-state index in [9.17, 15) is 9.90 Å². The number of aromatic nitrogens is 2. The van der Waals surface area contributed by atoms with Gasteiger partial charge in [0.15, 0.2) is 0 Å². The van der Waals surface area contributed by atoms with Crippen LogP contribution in [-0.4, -0.2) is 20.6 Å². The van der Waals surface area contributed by atoms with E-state index in [4.69, 9.17) is 0 Å². The minimum atomic E-state index is -0.703. The molecule has 0 saturated heterocycles. The van der Waals surface area contributed by atoms with Crippen molar-refractivity contribution in [2.24, 2.45) is 0 Å². The van der Waals surface area contributed by atoms with E-state index in [-0.39, 0.29) is 5.92 Å². The van der Waals surface area contributed by atoms with Crippen molar-refractivity contribution in [2.75, 3.05) is 0 Å². The van der Waals surface area contributed by atoms with Gasteiger partial charge in [-0.25, -0.2) is 4.98 Å². The SMILES string of the molecule is O=C(O)C1CCCn2c1cnc2C1CCCCC1. The lowest BCUT2D eigenvalue weighted by Crippen LogP contribution is -2.23. The molecule has 1 aromatic rings. The maximum Gasteiger partial charge on any atom is 0.312 e. The Balaban J connectivity index is 1.91. The van der Waals surface area contributed by atoms with Gasteiger partial charge in [0.25, 0.3) is 0 Å². The molecular formula is C14H20N2O2. The summed E-state index contributed by atoms with van der Waals surface area (Å²) in [4.78, 5) is 15.8. The summed E-state index contributed by atoms with van der Waals surface area (Å²) >= 11 is 0. The Morgan fingerprint density at radius 3 is 2.72 bits per heavy atom. The smallest absolute Gasteiger partial charge is 0.312 e. The number of rotatable bonds is 2. The Bertz CT molecular complexity index is 447. The predicted molar refractivity (Wildman–Crippen MR) is 67.7 cm³/mol. The molecule has 4 nitrogen and oxygen atoms in total. The highest BCUT2D eigenvalue weighted by atomic mass is 16.4. The van der Waals surface area contributed by atoms with E-state index < -0.39 is 5.97 Å². The quantitative estimate of drug-likeness (QED) is 0.875. The largest absolute Gasteiger partial charge is 0.481 e. The molecule has 4 heteroatoms. The zero-order valence-corrected chi connectivity index (χ0v) is 10.6. The lowest BCUT2D eigenvalue weighted by atomic mass is 9.88. The van der Waals surface area contributed by atoms with Gasteiger partial charge in [-0.1, -0.05) is 19.3 Å². The average Bonchev–Trinajstić information content (AvgIpc) is 2.83. The summed E-state index contributed by atoms with van der Waals surface area (Å²) in [6.07, 6.45) is 9.86. The van der Waals surface area contributed by atoms with Gasteiger partial charge in [0.05, 0.1) is 11.6 Å². The molecule has 2 aliphatic rings. The Morgan fingerprint density at radius 1 is 1.22 bits per heavy atom. The van der Waals surface area contributed by atoms with Gasteiger partial charge in [0, 0.05) is 18.7 Å². The topological polar surface area (TPSA) is 55.1 Å². The number of hydrogen-bond acceptors (Lipinski definition) is 2. The molecule has 1 fully saturated rings. The van der Waals surface area contributed by atoms with Crippen molar-refractivity contribution in [2.45, 2.75) is 63.3 Å². The van der Waals surface area contributed by atoms with Gasteiger partial charge in [0.2, 0.25) is 0 Å². The van der Waals surface area contributed by atoms with Crippen LogP contribution in [0.1, 0.15) is 68.3 Å². The Labute approximate surface area is 107 Å². The minimum Gasteiger partial charge on any atom is -0.481 e. The standard InChI is InChI=1S/C14H20N2O2/c17-14(18)11-7-4-8-16-12(11)9-15-13(16)10-5-2-1-3-6-10/h9-11H,1-8H2,(H,17,18). The van der Waals surface area contributed by atoms with Crippen molar-refractivity contribution in [3.05, 3.63) is 17.7 Å². The summed E-state index contributed by atoms with van der Waals surface area (Å²) in [6.45, 7) is 0.949. The molecule has 1 N–H and O–H groups in total. The normalized spacial score (nSPS) is 24.8. The first-order valence-corrected chi connectivity index (χ1v) is 7.05. The predicted octanol–water partition coefficient (Wildman–Crippen LogP) is 2.89. The van der Waals surface area contributed by atoms with Crippen molar-refractivity contribution in [3.63, 3.8) is 0 Å². The third-order valence-electron chi connectivity index (χ3n) is 4.42. The molecule has 1 aromatic heterocycles. The third kappa shape index (κ3) is 1.93. The Hall–Kier alpha value is -1.32. The molecule has 0 spiro atoms. The highest BCUT2D eigenvalue weighted by Gasteiger charge is 2.30. The van der Waals surface area contributed by atoms with Crippen molar-refractivity contribution in [3.8, 4) is 0 Å². The molecule has 1 unspecified atom stereocenters. The van der Waals surface area contributed by atoms with E-state index in [2.05, 4.69) is 9.55 Å². The molecule has 1 aliphatic heterocycles. The molecule has 0 bridgehead atoms. The zero-order chi connectivity index (χ0) is 12.5. The molecule has 3 rings (SSSR count). The van der Waals surface area contributed by atoms with Crippen LogP contribution in [-0.2, 0) is 11.3 Å². The maximum atomic E-state index is 11.3. The zero-order valence-electron chi connectivity index (χ0n) is 10.6. The first kappa shape index (κ1) is 11.8. The number of carboxylic acid groups (broad SMARTS) is 1. The number of carboxylic acids is 1. The fraction of sp³-hybridized carbons (Fsp3) is 0.714. The van der Waals surface area contributed by atoms with E-state index in [0.717, 1.165) is 30.9 Å². The molecule has 2 heterocycles. The summed E-state index contributed by atoms with van der Waals surface area (Å²) in [5, 5.41) is 9.26. The van der Waals surface area contributed by atoms with Gasteiger partial charge in [-0.3, -0.25) is 4.79 Å². The average molecular weight is 248 g/mol. The molecule has 0 aromatic carbocycles. The Kier molecular flexibility index (Phi) is 3.10. The second-order valence-corrected chi connectivity index (χ2v) is 5.56. The van der Waals surface area contributed by atoms with E-state index in [0.29, 0.717) is 5.92 Å². The fourth-order valence-electron chi connectivity index (χ4n) is 3.46. The lowest BCUT2D eigenvalue weighted by Gasteiger charge is -2.26. The lowest BCUT2D eigenvalue weighted by molar-refractivity contribution is -0.139. The summed E-state index contributed by atoms with van der Waals surface area (Å²) in [7, 11) is 0. The highest BCUT2D eigenvalue weighted by Crippen LogP contribution is 2.36. The second-order valence-electron chi connectivity index (χ2n) is 5.56. The van der Waals surface area contributed by atoms with Crippen LogP contribution in [0.4, 0.5) is 0 Å². The van der Waals surface area contributed by atoms with Crippen LogP contribution in [0.3, 0.4) is 0 Å². The van der Waals surface area contributed by atoms with Gasteiger partial charge in [-0.05, 0) is 25.7 Å². The first-order chi connectivity index (χ1) is 8.77. The summed E-state index contributed by atoms with van der Waals surface area (Å²) in [6, 6.07) is 0. The highest BCUT2D eigenvalue weighted by molar-refractivity contribution is 5.75. The molecule has 1 aliphatic carbocycles. The maximum absolute atomic E-state index is 11.3. The first-order valence-electron chi connectivity index (χ1n) is 7.05. The van der Waals surface area contributed by atoms with Gasteiger partial charge < -0.3 is 9.67 Å². The molecule has 0 radical (unpaired) electrons. The Morgan fingerprint density at radius 2 is 2.00 bits per heavy atom. The van der Waals surface area contributed by atoms with Gasteiger partial charge in [-0.2, -0.15) is 0 Å². The van der Waals surface area contributed by atoms with E-state index in [1.807, 2.05) is 6.20 Å². The van der Waals surface area contributed by atoms with Crippen LogP contribution in [0.2, 0.25) is 0 Å². The number of hydrogen-bond donors (Lipinski definition) is 1. The molecule has 98 valence electrons. The van der Waals surface area contributed by atoms with Crippen LogP contribution >= 0.6 is 0 Å². The summed E-state index contributed by atoms with van der Waals surface area (Å²) in [5.41, 5.74) is 0.925.